The summed E-state index contributed by atoms with van der Waals surface area (Å²) in [6, 6.07) is 9.38. The highest BCUT2D eigenvalue weighted by Gasteiger charge is 2.11. The van der Waals surface area contributed by atoms with Crippen LogP contribution in [0.5, 0.6) is 5.75 Å². The van der Waals surface area contributed by atoms with E-state index in [9.17, 15) is 0 Å². The Hall–Kier alpha value is -2.11. The maximum absolute atomic E-state index is 6.20. The van der Waals surface area contributed by atoms with Crippen LogP contribution in [0.4, 0.5) is 0 Å². The zero-order valence-corrected chi connectivity index (χ0v) is 12.7. The molecule has 2 heterocycles. The second-order valence-corrected chi connectivity index (χ2v) is 5.39. The standard InChI is InChI=1S/C15H11ClN2O2S/c1-19-12-4-2-11(3-5-12)14-17-15(20-18-14)13(16)8-10-6-7-21-9-10/h2-9H,1H3/b13-8-. The van der Waals surface area contributed by atoms with Gasteiger partial charge in [0.1, 0.15) is 10.8 Å². The number of ether oxygens (including phenoxy) is 1. The lowest BCUT2D eigenvalue weighted by Crippen LogP contribution is -1.84. The fourth-order valence-corrected chi connectivity index (χ4v) is 2.56. The lowest BCUT2D eigenvalue weighted by Gasteiger charge is -1.98. The van der Waals surface area contributed by atoms with Crippen LogP contribution in [0.1, 0.15) is 11.5 Å². The molecule has 3 aromatic rings. The van der Waals surface area contributed by atoms with Crippen molar-refractivity contribution in [1.82, 2.24) is 10.1 Å². The molecule has 0 spiro atoms. The fourth-order valence-electron chi connectivity index (χ4n) is 1.74. The first-order chi connectivity index (χ1) is 10.3. The molecule has 0 unspecified atom stereocenters. The molecule has 0 atom stereocenters. The minimum Gasteiger partial charge on any atom is -0.497 e. The number of nitrogens with zero attached hydrogens (tertiary/aromatic N) is 2. The molecule has 0 aliphatic carbocycles. The summed E-state index contributed by atoms with van der Waals surface area (Å²) in [4.78, 5) is 4.30. The first-order valence-electron chi connectivity index (χ1n) is 6.14. The van der Waals surface area contributed by atoms with Crippen LogP contribution in [-0.2, 0) is 0 Å². The van der Waals surface area contributed by atoms with Gasteiger partial charge in [0.25, 0.3) is 5.89 Å². The molecule has 1 aromatic carbocycles. The molecule has 0 saturated carbocycles. The number of methoxy groups -OCH3 is 1. The number of thiophene rings is 1. The maximum Gasteiger partial charge on any atom is 0.269 e. The van der Waals surface area contributed by atoms with Gasteiger partial charge in [0.15, 0.2) is 0 Å². The van der Waals surface area contributed by atoms with Crippen molar-refractivity contribution >= 4 is 34.0 Å². The molecule has 0 bridgehead atoms. The lowest BCUT2D eigenvalue weighted by molar-refractivity contribution is 0.410. The summed E-state index contributed by atoms with van der Waals surface area (Å²) >= 11 is 7.80. The summed E-state index contributed by atoms with van der Waals surface area (Å²) in [6.07, 6.45) is 1.80. The highest BCUT2D eigenvalue weighted by atomic mass is 35.5. The Balaban J connectivity index is 1.85. The van der Waals surface area contributed by atoms with Gasteiger partial charge in [0, 0.05) is 5.56 Å². The number of hydrogen-bond donors (Lipinski definition) is 0. The highest BCUT2D eigenvalue weighted by molar-refractivity contribution is 7.08. The van der Waals surface area contributed by atoms with Crippen molar-refractivity contribution in [2.45, 2.75) is 0 Å². The van der Waals surface area contributed by atoms with Gasteiger partial charge in [-0.25, -0.2) is 0 Å². The van der Waals surface area contributed by atoms with E-state index in [1.165, 1.54) is 0 Å². The van der Waals surface area contributed by atoms with E-state index >= 15 is 0 Å². The van der Waals surface area contributed by atoms with Crippen LogP contribution < -0.4 is 4.74 Å². The van der Waals surface area contributed by atoms with Crippen LogP contribution in [0.3, 0.4) is 0 Å². The Labute approximate surface area is 130 Å². The third-order valence-corrected chi connectivity index (χ3v) is 3.79. The second-order valence-electron chi connectivity index (χ2n) is 4.20. The number of hydrogen-bond acceptors (Lipinski definition) is 5. The van der Waals surface area contributed by atoms with Gasteiger partial charge in [-0.3, -0.25) is 0 Å². The van der Waals surface area contributed by atoms with E-state index in [1.54, 1.807) is 24.5 Å². The van der Waals surface area contributed by atoms with Gasteiger partial charge in [-0.2, -0.15) is 16.3 Å². The van der Waals surface area contributed by atoms with Gasteiger partial charge in [-0.1, -0.05) is 16.8 Å². The Bertz CT molecular complexity index is 748. The predicted octanol–water partition coefficient (Wildman–Crippen LogP) is 4.54. The summed E-state index contributed by atoms with van der Waals surface area (Å²) in [5.74, 6) is 1.57. The molecule has 106 valence electrons. The van der Waals surface area contributed by atoms with Gasteiger partial charge in [-0.15, -0.1) is 0 Å². The molecule has 0 saturated heterocycles. The summed E-state index contributed by atoms with van der Waals surface area (Å²) in [5, 5.41) is 8.33. The molecule has 0 amide bonds. The number of halogens is 1. The molecule has 0 N–H and O–H groups in total. The minimum absolute atomic E-state index is 0.300. The van der Waals surface area contributed by atoms with Crippen LogP contribution in [0, 0.1) is 0 Å². The summed E-state index contributed by atoms with van der Waals surface area (Å²) in [5.41, 5.74) is 1.85. The number of benzene rings is 1. The van der Waals surface area contributed by atoms with Gasteiger partial charge in [0.05, 0.1) is 7.11 Å². The molecule has 6 heteroatoms. The van der Waals surface area contributed by atoms with Crippen LogP contribution in [0.25, 0.3) is 22.5 Å². The van der Waals surface area contributed by atoms with Crippen molar-refractivity contribution < 1.29 is 9.26 Å². The van der Waals surface area contributed by atoms with E-state index in [1.807, 2.05) is 41.1 Å². The second kappa shape index (κ2) is 6.11. The first-order valence-corrected chi connectivity index (χ1v) is 7.46. The van der Waals surface area contributed by atoms with Gasteiger partial charge in [0.2, 0.25) is 5.82 Å². The third kappa shape index (κ3) is 3.15. The molecule has 0 fully saturated rings. The molecule has 21 heavy (non-hydrogen) atoms. The zero-order chi connectivity index (χ0) is 14.7. The van der Waals surface area contributed by atoms with Crippen LogP contribution in [0.15, 0.2) is 45.6 Å². The molecular weight excluding hydrogens is 308 g/mol. The quantitative estimate of drug-likeness (QED) is 0.708. The molecule has 2 aromatic heterocycles. The van der Waals surface area contributed by atoms with Crippen molar-refractivity contribution in [3.63, 3.8) is 0 Å². The van der Waals surface area contributed by atoms with Crippen molar-refractivity contribution in [3.05, 3.63) is 52.5 Å². The van der Waals surface area contributed by atoms with Crippen molar-refractivity contribution in [3.8, 4) is 17.1 Å². The number of rotatable bonds is 4. The van der Waals surface area contributed by atoms with Crippen LogP contribution >= 0.6 is 22.9 Å². The average molecular weight is 319 g/mol. The molecule has 0 radical (unpaired) electrons. The summed E-state index contributed by atoms with van der Waals surface area (Å²) < 4.78 is 10.3. The minimum atomic E-state index is 0.300. The topological polar surface area (TPSA) is 48.2 Å². The smallest absolute Gasteiger partial charge is 0.269 e. The highest BCUT2D eigenvalue weighted by Crippen LogP contribution is 2.25. The van der Waals surface area contributed by atoms with E-state index in [4.69, 9.17) is 20.9 Å². The molecule has 0 aliphatic rings. The van der Waals surface area contributed by atoms with Gasteiger partial charge >= 0.3 is 0 Å². The normalized spacial score (nSPS) is 11.6. The average Bonchev–Trinajstić information content (AvgIpc) is 3.18. The van der Waals surface area contributed by atoms with E-state index in [0.717, 1.165) is 16.9 Å². The Morgan fingerprint density at radius 2 is 2.10 bits per heavy atom. The van der Waals surface area contributed by atoms with E-state index in [-0.39, 0.29) is 0 Å². The predicted molar refractivity (Wildman–Crippen MR) is 84.3 cm³/mol. The fraction of sp³-hybridized carbons (Fsp3) is 0.0667. The van der Waals surface area contributed by atoms with Crippen molar-refractivity contribution in [2.24, 2.45) is 0 Å². The molecule has 3 rings (SSSR count). The SMILES string of the molecule is COc1ccc(-c2noc(/C(Cl)=C/c3ccsc3)n2)cc1. The maximum atomic E-state index is 6.20. The Kier molecular flexibility index (Phi) is 4.03. The molecule has 0 aliphatic heterocycles. The Morgan fingerprint density at radius 3 is 2.76 bits per heavy atom. The number of aromatic nitrogens is 2. The van der Waals surface area contributed by atoms with E-state index in [2.05, 4.69) is 10.1 Å². The molecular formula is C15H11ClN2O2S. The Morgan fingerprint density at radius 1 is 1.29 bits per heavy atom. The zero-order valence-electron chi connectivity index (χ0n) is 11.1. The van der Waals surface area contributed by atoms with E-state index < -0.39 is 0 Å². The first kappa shape index (κ1) is 13.9. The summed E-state index contributed by atoms with van der Waals surface area (Å²) in [7, 11) is 1.62. The van der Waals surface area contributed by atoms with Gasteiger partial charge < -0.3 is 9.26 Å². The monoisotopic (exact) mass is 318 g/mol. The largest absolute Gasteiger partial charge is 0.497 e. The van der Waals surface area contributed by atoms with Crippen LogP contribution in [-0.4, -0.2) is 17.3 Å². The van der Waals surface area contributed by atoms with E-state index in [0.29, 0.717) is 16.7 Å². The van der Waals surface area contributed by atoms with Gasteiger partial charge in [-0.05, 0) is 52.7 Å². The third-order valence-electron chi connectivity index (χ3n) is 2.82. The van der Waals surface area contributed by atoms with Crippen LogP contribution in [0.2, 0.25) is 0 Å². The van der Waals surface area contributed by atoms with Crippen molar-refractivity contribution in [1.29, 1.82) is 0 Å². The van der Waals surface area contributed by atoms with Crippen molar-refractivity contribution in [2.75, 3.05) is 7.11 Å². The summed E-state index contributed by atoms with van der Waals surface area (Å²) in [6.45, 7) is 0. The lowest BCUT2D eigenvalue weighted by atomic mass is 10.2. The molecule has 4 nitrogen and oxygen atoms in total.